The fourth-order valence-corrected chi connectivity index (χ4v) is 2.65. The van der Waals surface area contributed by atoms with Gasteiger partial charge in [0.2, 0.25) is 5.13 Å². The molecule has 1 rings (SSSR count). The van der Waals surface area contributed by atoms with E-state index in [1.54, 1.807) is 0 Å². The third-order valence-electron chi connectivity index (χ3n) is 1.92. The Bertz CT molecular complexity index is 385. The fourth-order valence-electron chi connectivity index (χ4n) is 1.15. The van der Waals surface area contributed by atoms with Gasteiger partial charge >= 0.3 is 5.97 Å². The van der Waals surface area contributed by atoms with Crippen molar-refractivity contribution in [3.05, 3.63) is 0 Å². The number of nitrogens with one attached hydrogen (secondary N) is 1. The summed E-state index contributed by atoms with van der Waals surface area (Å²) in [5, 5.41) is 20.3. The second-order valence-electron chi connectivity index (χ2n) is 4.30. The van der Waals surface area contributed by atoms with Crippen LogP contribution in [0.2, 0.25) is 0 Å². The predicted octanol–water partition coefficient (Wildman–Crippen LogP) is 2.19. The summed E-state index contributed by atoms with van der Waals surface area (Å²) in [5.74, 6) is -0.278. The Labute approximate surface area is 121 Å². The first-order valence-electron chi connectivity index (χ1n) is 6.07. The summed E-state index contributed by atoms with van der Waals surface area (Å²) in [5.41, 5.74) is 0. The van der Waals surface area contributed by atoms with Crippen LogP contribution in [0.5, 0.6) is 0 Å². The second-order valence-corrected chi connectivity index (χ2v) is 6.50. The summed E-state index contributed by atoms with van der Waals surface area (Å²) in [6.07, 6.45) is 0.907. The number of carboxylic acids is 1. The third kappa shape index (κ3) is 8.02. The molecule has 1 aromatic rings. The second kappa shape index (κ2) is 9.11. The smallest absolute Gasteiger partial charge is 0.313 e. The van der Waals surface area contributed by atoms with E-state index in [2.05, 4.69) is 29.4 Å². The lowest BCUT2D eigenvalue weighted by Crippen LogP contribution is -2.08. The zero-order valence-corrected chi connectivity index (χ0v) is 12.7. The van der Waals surface area contributed by atoms with Crippen LogP contribution in [0.4, 0.5) is 5.13 Å². The van der Waals surface area contributed by atoms with Gasteiger partial charge in [0.05, 0.1) is 5.75 Å². The Hall–Kier alpha value is -0.860. The summed E-state index contributed by atoms with van der Waals surface area (Å²) < 4.78 is 6.13. The Kier molecular flexibility index (Phi) is 7.76. The van der Waals surface area contributed by atoms with Crippen molar-refractivity contribution >= 4 is 34.2 Å². The first-order valence-corrected chi connectivity index (χ1v) is 7.88. The van der Waals surface area contributed by atoms with Crippen LogP contribution in [-0.4, -0.2) is 46.8 Å². The highest BCUT2D eigenvalue weighted by Crippen LogP contribution is 2.24. The number of anilines is 1. The minimum atomic E-state index is -0.850. The molecule has 0 saturated heterocycles. The van der Waals surface area contributed by atoms with Crippen LogP contribution in [-0.2, 0) is 9.53 Å². The van der Waals surface area contributed by atoms with Gasteiger partial charge in [-0.05, 0) is 12.3 Å². The quantitative estimate of drug-likeness (QED) is 0.506. The van der Waals surface area contributed by atoms with Gasteiger partial charge in [0.15, 0.2) is 4.34 Å². The van der Waals surface area contributed by atoms with Crippen molar-refractivity contribution in [2.24, 2.45) is 5.92 Å². The first-order chi connectivity index (χ1) is 9.08. The Morgan fingerprint density at radius 2 is 2.32 bits per heavy atom. The van der Waals surface area contributed by atoms with Gasteiger partial charge in [-0.3, -0.25) is 4.79 Å². The maximum atomic E-state index is 10.4. The molecule has 2 N–H and O–H groups in total. The van der Waals surface area contributed by atoms with Gasteiger partial charge < -0.3 is 15.2 Å². The summed E-state index contributed by atoms with van der Waals surface area (Å²) in [6, 6.07) is 0. The van der Waals surface area contributed by atoms with E-state index in [1.165, 1.54) is 23.1 Å². The highest BCUT2D eigenvalue weighted by atomic mass is 32.2. The highest BCUT2D eigenvalue weighted by Gasteiger charge is 2.06. The molecule has 1 aromatic heterocycles. The van der Waals surface area contributed by atoms with Gasteiger partial charge in [-0.1, -0.05) is 36.9 Å². The van der Waals surface area contributed by atoms with E-state index in [1.807, 2.05) is 0 Å². The minimum Gasteiger partial charge on any atom is -0.481 e. The number of carboxylic acid groups (broad SMARTS) is 1. The molecule has 0 aliphatic heterocycles. The molecule has 108 valence electrons. The number of thioether (sulfide) groups is 1. The third-order valence-corrected chi connectivity index (χ3v) is 3.92. The topological polar surface area (TPSA) is 84.3 Å². The van der Waals surface area contributed by atoms with Gasteiger partial charge in [0.25, 0.3) is 0 Å². The van der Waals surface area contributed by atoms with Gasteiger partial charge in [-0.2, -0.15) is 0 Å². The molecule has 0 aliphatic rings. The van der Waals surface area contributed by atoms with E-state index < -0.39 is 5.97 Å². The van der Waals surface area contributed by atoms with E-state index in [4.69, 9.17) is 9.84 Å². The van der Waals surface area contributed by atoms with E-state index in [9.17, 15) is 4.79 Å². The van der Waals surface area contributed by atoms with Gasteiger partial charge in [-0.25, -0.2) is 0 Å². The molecule has 0 fully saturated rings. The lowest BCUT2D eigenvalue weighted by atomic mass is 10.2. The Morgan fingerprint density at radius 1 is 1.53 bits per heavy atom. The summed E-state index contributed by atoms with van der Waals surface area (Å²) in [4.78, 5) is 10.4. The molecular formula is C11H19N3O3S2. The van der Waals surface area contributed by atoms with Crippen LogP contribution in [0, 0.1) is 5.92 Å². The molecule has 6 nitrogen and oxygen atoms in total. The Morgan fingerprint density at radius 3 is 3.00 bits per heavy atom. The Balaban J connectivity index is 2.11. The van der Waals surface area contributed by atoms with Crippen molar-refractivity contribution in [1.29, 1.82) is 0 Å². The number of nitrogens with zero attached hydrogens (tertiary/aromatic N) is 2. The van der Waals surface area contributed by atoms with Crippen LogP contribution in [0.3, 0.4) is 0 Å². The lowest BCUT2D eigenvalue weighted by Gasteiger charge is -2.06. The van der Waals surface area contributed by atoms with Crippen LogP contribution >= 0.6 is 23.1 Å². The van der Waals surface area contributed by atoms with Gasteiger partial charge in [-0.15, -0.1) is 10.2 Å². The number of ether oxygens (including phenoxy) is 1. The monoisotopic (exact) mass is 305 g/mol. The van der Waals surface area contributed by atoms with E-state index in [0.717, 1.165) is 31.3 Å². The molecule has 0 aromatic carbocycles. The molecule has 0 amide bonds. The maximum Gasteiger partial charge on any atom is 0.313 e. The molecular weight excluding hydrogens is 286 g/mol. The highest BCUT2D eigenvalue weighted by molar-refractivity contribution is 8.01. The largest absolute Gasteiger partial charge is 0.481 e. The average molecular weight is 305 g/mol. The number of hydrogen-bond acceptors (Lipinski definition) is 7. The number of aromatic nitrogens is 2. The van der Waals surface area contributed by atoms with Crippen LogP contribution < -0.4 is 5.32 Å². The van der Waals surface area contributed by atoms with Crippen molar-refractivity contribution in [2.75, 3.05) is 30.8 Å². The van der Waals surface area contributed by atoms with Crippen LogP contribution in [0.15, 0.2) is 4.34 Å². The van der Waals surface area contributed by atoms with Crippen LogP contribution in [0.25, 0.3) is 0 Å². The molecule has 0 saturated carbocycles. The summed E-state index contributed by atoms with van der Waals surface area (Å²) in [6.45, 7) is 6.53. The van der Waals surface area contributed by atoms with Crippen molar-refractivity contribution in [1.82, 2.24) is 10.2 Å². The van der Waals surface area contributed by atoms with Crippen molar-refractivity contribution in [3.63, 3.8) is 0 Å². The number of rotatable bonds is 10. The molecule has 8 heteroatoms. The van der Waals surface area contributed by atoms with E-state index in [0.29, 0.717) is 10.3 Å². The molecule has 0 atom stereocenters. The fraction of sp³-hybridized carbons (Fsp3) is 0.727. The number of hydrogen-bond donors (Lipinski definition) is 2. The number of aliphatic carboxylic acids is 1. The molecule has 0 spiro atoms. The minimum absolute atomic E-state index is 0.0116. The zero-order valence-electron chi connectivity index (χ0n) is 11.1. The molecule has 19 heavy (non-hydrogen) atoms. The normalized spacial score (nSPS) is 10.9. The predicted molar refractivity (Wildman–Crippen MR) is 77.0 cm³/mol. The maximum absolute atomic E-state index is 10.4. The zero-order chi connectivity index (χ0) is 14.1. The molecule has 0 unspecified atom stereocenters. The van der Waals surface area contributed by atoms with Crippen molar-refractivity contribution < 1.29 is 14.6 Å². The summed E-state index contributed by atoms with van der Waals surface area (Å²) >= 11 is 2.55. The van der Waals surface area contributed by atoms with Crippen LogP contribution in [0.1, 0.15) is 20.3 Å². The van der Waals surface area contributed by atoms with E-state index in [-0.39, 0.29) is 5.75 Å². The molecule has 0 aliphatic carbocycles. The SMILES string of the molecule is CC(C)COCCCNc1nnc(SCC(=O)O)s1. The van der Waals surface area contributed by atoms with Gasteiger partial charge in [0.1, 0.15) is 0 Å². The van der Waals surface area contributed by atoms with Gasteiger partial charge in [0, 0.05) is 19.8 Å². The molecule has 0 bridgehead atoms. The standard InChI is InChI=1S/C11H19N3O3S2/c1-8(2)6-17-5-3-4-12-10-13-14-11(19-10)18-7-9(15)16/h8H,3-7H2,1-2H3,(H,12,13)(H,15,16). The summed E-state index contributed by atoms with van der Waals surface area (Å²) in [7, 11) is 0. The number of carbonyl (C=O) groups is 1. The first kappa shape index (κ1) is 16.2. The van der Waals surface area contributed by atoms with E-state index >= 15 is 0 Å². The van der Waals surface area contributed by atoms with Crippen molar-refractivity contribution in [2.45, 2.75) is 24.6 Å². The lowest BCUT2D eigenvalue weighted by molar-refractivity contribution is -0.133. The average Bonchev–Trinajstić information content (AvgIpc) is 2.78. The van der Waals surface area contributed by atoms with Crippen molar-refractivity contribution in [3.8, 4) is 0 Å². The molecule has 0 radical (unpaired) electrons. The molecule has 1 heterocycles.